The van der Waals surface area contributed by atoms with Gasteiger partial charge in [0.05, 0.1) is 5.56 Å². The Morgan fingerprint density at radius 2 is 1.96 bits per heavy atom. The molecule has 0 aliphatic carbocycles. The molecule has 2 N–H and O–H groups in total. The molecule has 4 nitrogen and oxygen atoms in total. The van der Waals surface area contributed by atoms with Crippen molar-refractivity contribution in [2.75, 3.05) is 6.54 Å². The average molecular weight is 359 g/mol. The summed E-state index contributed by atoms with van der Waals surface area (Å²) in [6.07, 6.45) is -4.15. The van der Waals surface area contributed by atoms with E-state index in [9.17, 15) is 22.4 Å². The molecule has 1 aromatic carbocycles. The minimum atomic E-state index is -4.59. The maximum absolute atomic E-state index is 13.5. The molecule has 0 fully saturated rings. The van der Waals surface area contributed by atoms with Gasteiger partial charge in [-0.05, 0) is 42.4 Å². The monoisotopic (exact) mass is 359 g/mol. The van der Waals surface area contributed by atoms with Crippen LogP contribution in [0.4, 0.5) is 17.6 Å². The van der Waals surface area contributed by atoms with E-state index in [-0.39, 0.29) is 22.4 Å². The molecule has 0 saturated carbocycles. The summed E-state index contributed by atoms with van der Waals surface area (Å²) in [4.78, 5) is 19.0. The molecule has 128 valence electrons. The van der Waals surface area contributed by atoms with E-state index in [0.717, 1.165) is 12.1 Å². The van der Waals surface area contributed by atoms with Crippen LogP contribution in [0.25, 0.3) is 0 Å². The highest BCUT2D eigenvalue weighted by atomic mass is 32.1. The Morgan fingerprint density at radius 1 is 1.21 bits per heavy atom. The molecule has 0 unspecified atom stereocenters. The second kappa shape index (κ2) is 6.14. The SMILES string of the molecule is O=c1[nH]c(=S)[nH]c2c1CCN(Cc1cc(F)cc(C(F)(F)F)c1)C2. The van der Waals surface area contributed by atoms with E-state index in [0.29, 0.717) is 36.8 Å². The van der Waals surface area contributed by atoms with Gasteiger partial charge in [0.15, 0.2) is 4.77 Å². The molecule has 0 bridgehead atoms. The topological polar surface area (TPSA) is 51.9 Å². The van der Waals surface area contributed by atoms with Crippen molar-refractivity contribution in [1.82, 2.24) is 14.9 Å². The van der Waals surface area contributed by atoms with Gasteiger partial charge in [-0.1, -0.05) is 0 Å². The molecule has 0 saturated heterocycles. The third-order valence-corrected chi connectivity index (χ3v) is 4.08. The van der Waals surface area contributed by atoms with Gasteiger partial charge in [-0.15, -0.1) is 0 Å². The van der Waals surface area contributed by atoms with Gasteiger partial charge in [-0.2, -0.15) is 13.2 Å². The van der Waals surface area contributed by atoms with Gasteiger partial charge in [0.25, 0.3) is 5.56 Å². The Bertz CT molecular complexity index is 888. The smallest absolute Gasteiger partial charge is 0.334 e. The summed E-state index contributed by atoms with van der Waals surface area (Å²) in [5.74, 6) is -0.923. The number of nitrogens with one attached hydrogen (secondary N) is 2. The lowest BCUT2D eigenvalue weighted by atomic mass is 10.0. The molecule has 1 aromatic heterocycles. The molecular weight excluding hydrogens is 346 g/mol. The van der Waals surface area contributed by atoms with Crippen LogP contribution in [0.1, 0.15) is 22.4 Å². The van der Waals surface area contributed by atoms with Crippen LogP contribution in [0, 0.1) is 10.6 Å². The zero-order valence-electron chi connectivity index (χ0n) is 12.3. The molecule has 9 heteroatoms. The Morgan fingerprint density at radius 3 is 2.67 bits per heavy atom. The van der Waals surface area contributed by atoms with E-state index in [4.69, 9.17) is 12.2 Å². The van der Waals surface area contributed by atoms with E-state index in [1.807, 2.05) is 4.90 Å². The molecule has 0 atom stereocenters. The molecule has 3 rings (SSSR count). The predicted molar refractivity (Wildman–Crippen MR) is 81.5 cm³/mol. The number of alkyl halides is 3. The Labute approximate surface area is 139 Å². The Kier molecular flexibility index (Phi) is 4.31. The first-order chi connectivity index (χ1) is 11.2. The first-order valence-electron chi connectivity index (χ1n) is 7.16. The number of hydrogen-bond acceptors (Lipinski definition) is 3. The number of rotatable bonds is 2. The van der Waals surface area contributed by atoms with E-state index in [1.54, 1.807) is 0 Å². The zero-order valence-corrected chi connectivity index (χ0v) is 13.2. The van der Waals surface area contributed by atoms with Gasteiger partial charge in [-0.3, -0.25) is 14.7 Å². The summed E-state index contributed by atoms with van der Waals surface area (Å²) >= 11 is 4.92. The normalized spacial score (nSPS) is 15.3. The molecule has 0 amide bonds. The second-order valence-corrected chi connectivity index (χ2v) is 6.08. The fourth-order valence-electron chi connectivity index (χ4n) is 2.83. The molecule has 1 aliphatic rings. The zero-order chi connectivity index (χ0) is 17.5. The number of nitrogens with zero attached hydrogens (tertiary/aromatic N) is 1. The molecule has 0 spiro atoms. The highest BCUT2D eigenvalue weighted by molar-refractivity contribution is 7.71. The van der Waals surface area contributed by atoms with Crippen LogP contribution in [0.15, 0.2) is 23.0 Å². The largest absolute Gasteiger partial charge is 0.416 e. The van der Waals surface area contributed by atoms with Gasteiger partial charge in [0.2, 0.25) is 0 Å². The van der Waals surface area contributed by atoms with Gasteiger partial charge in [0, 0.05) is 30.9 Å². The van der Waals surface area contributed by atoms with Crippen molar-refractivity contribution in [3.63, 3.8) is 0 Å². The van der Waals surface area contributed by atoms with Crippen molar-refractivity contribution in [3.8, 4) is 0 Å². The molecule has 0 radical (unpaired) electrons. The van der Waals surface area contributed by atoms with Crippen LogP contribution in [-0.4, -0.2) is 21.4 Å². The number of aromatic amines is 2. The summed E-state index contributed by atoms with van der Waals surface area (Å²) in [5.41, 5.74) is 0.205. The van der Waals surface area contributed by atoms with Gasteiger partial charge in [-0.25, -0.2) is 4.39 Å². The second-order valence-electron chi connectivity index (χ2n) is 5.67. The maximum Gasteiger partial charge on any atom is 0.416 e. The Hall–Kier alpha value is -2.00. The van der Waals surface area contributed by atoms with Crippen LogP contribution in [0.2, 0.25) is 0 Å². The van der Waals surface area contributed by atoms with E-state index >= 15 is 0 Å². The number of benzene rings is 1. The number of H-pyrrole nitrogens is 2. The van der Waals surface area contributed by atoms with Crippen LogP contribution in [-0.2, 0) is 25.7 Å². The third-order valence-electron chi connectivity index (χ3n) is 3.88. The fourth-order valence-corrected chi connectivity index (χ4v) is 3.05. The van der Waals surface area contributed by atoms with Crippen LogP contribution >= 0.6 is 12.2 Å². The van der Waals surface area contributed by atoms with Crippen molar-refractivity contribution in [1.29, 1.82) is 0 Å². The van der Waals surface area contributed by atoms with Crippen molar-refractivity contribution in [2.45, 2.75) is 25.7 Å². The number of aromatic nitrogens is 2. The minimum Gasteiger partial charge on any atom is -0.334 e. The third kappa shape index (κ3) is 3.57. The lowest BCUT2D eigenvalue weighted by molar-refractivity contribution is -0.137. The molecule has 2 heterocycles. The van der Waals surface area contributed by atoms with Gasteiger partial charge in [0.1, 0.15) is 5.82 Å². The summed E-state index contributed by atoms with van der Waals surface area (Å²) in [6.45, 7) is 0.965. The van der Waals surface area contributed by atoms with Crippen LogP contribution < -0.4 is 5.56 Å². The number of fused-ring (bicyclic) bond motifs is 1. The van der Waals surface area contributed by atoms with Crippen LogP contribution in [0.3, 0.4) is 0 Å². The van der Waals surface area contributed by atoms with Crippen LogP contribution in [0.5, 0.6) is 0 Å². The number of hydrogen-bond donors (Lipinski definition) is 2. The quantitative estimate of drug-likeness (QED) is 0.640. The lowest BCUT2D eigenvalue weighted by Crippen LogP contribution is -2.34. The first kappa shape index (κ1) is 16.8. The highest BCUT2D eigenvalue weighted by Gasteiger charge is 2.31. The summed E-state index contributed by atoms with van der Waals surface area (Å²) in [5, 5.41) is 0. The molecule has 2 aromatic rings. The first-order valence-corrected chi connectivity index (χ1v) is 7.56. The van der Waals surface area contributed by atoms with E-state index in [1.165, 1.54) is 0 Å². The van der Waals surface area contributed by atoms with E-state index in [2.05, 4.69) is 9.97 Å². The van der Waals surface area contributed by atoms with E-state index < -0.39 is 17.6 Å². The van der Waals surface area contributed by atoms with Crippen molar-refractivity contribution >= 4 is 12.2 Å². The molecule has 24 heavy (non-hydrogen) atoms. The fraction of sp³-hybridized carbons (Fsp3) is 0.333. The van der Waals surface area contributed by atoms with Crippen molar-refractivity contribution in [3.05, 3.63) is 61.5 Å². The molecular formula is C15H13F4N3OS. The predicted octanol–water partition coefficient (Wildman–Crippen LogP) is 3.15. The van der Waals surface area contributed by atoms with Crippen molar-refractivity contribution in [2.24, 2.45) is 0 Å². The van der Waals surface area contributed by atoms with Gasteiger partial charge >= 0.3 is 6.18 Å². The van der Waals surface area contributed by atoms with Gasteiger partial charge < -0.3 is 4.98 Å². The standard InChI is InChI=1S/C15H13F4N3OS/c16-10-4-8(3-9(5-10)15(17,18)19)6-22-2-1-11-12(7-22)20-14(24)21-13(11)23/h3-5H,1-2,6-7H2,(H2,20,21,23,24). The highest BCUT2D eigenvalue weighted by Crippen LogP contribution is 2.31. The summed E-state index contributed by atoms with van der Waals surface area (Å²) < 4.78 is 52.0. The summed E-state index contributed by atoms with van der Waals surface area (Å²) in [7, 11) is 0. The maximum atomic E-state index is 13.5. The Balaban J connectivity index is 1.84. The lowest BCUT2D eigenvalue weighted by Gasteiger charge is -2.28. The minimum absolute atomic E-state index is 0.147. The summed E-state index contributed by atoms with van der Waals surface area (Å²) in [6, 6.07) is 2.51. The average Bonchev–Trinajstić information content (AvgIpc) is 2.45. The molecule has 1 aliphatic heterocycles. The number of halogens is 4. The van der Waals surface area contributed by atoms with Crippen molar-refractivity contribution < 1.29 is 17.6 Å².